The van der Waals surface area contributed by atoms with Crippen LogP contribution >= 0.6 is 0 Å². The number of carbonyl (C=O) groups is 1. The Labute approximate surface area is 150 Å². The van der Waals surface area contributed by atoms with E-state index in [1.807, 2.05) is 0 Å². The zero-order valence-electron chi connectivity index (χ0n) is 14.8. The number of ether oxygens (including phenoxy) is 1. The third kappa shape index (κ3) is 3.61. The summed E-state index contributed by atoms with van der Waals surface area (Å²) in [6, 6.07) is 10.8. The summed E-state index contributed by atoms with van der Waals surface area (Å²) < 4.78 is 5.57. The minimum Gasteiger partial charge on any atom is -0.393 e. The molecular formula is C21H29NO3. The van der Waals surface area contributed by atoms with Gasteiger partial charge in [0.05, 0.1) is 12.7 Å². The molecule has 1 amide bonds. The molecule has 1 saturated carbocycles. The van der Waals surface area contributed by atoms with Gasteiger partial charge in [0.1, 0.15) is 0 Å². The molecule has 3 aliphatic rings. The van der Waals surface area contributed by atoms with Crippen LogP contribution in [0.4, 0.5) is 0 Å². The second-order valence-electron chi connectivity index (χ2n) is 8.04. The van der Waals surface area contributed by atoms with Gasteiger partial charge in [0.25, 0.3) is 0 Å². The number of hydrogen-bond acceptors (Lipinski definition) is 3. The first kappa shape index (κ1) is 17.0. The van der Waals surface area contributed by atoms with E-state index in [1.165, 1.54) is 5.56 Å². The highest BCUT2D eigenvalue weighted by atomic mass is 16.5. The van der Waals surface area contributed by atoms with Crippen LogP contribution in [0.2, 0.25) is 0 Å². The van der Waals surface area contributed by atoms with Crippen molar-refractivity contribution in [1.29, 1.82) is 0 Å². The average molecular weight is 343 g/mol. The first-order valence-electron chi connectivity index (χ1n) is 9.82. The minimum atomic E-state index is -0.321. The molecular weight excluding hydrogens is 314 g/mol. The number of rotatable bonds is 4. The van der Waals surface area contributed by atoms with Crippen molar-refractivity contribution in [1.82, 2.24) is 4.90 Å². The highest BCUT2D eigenvalue weighted by Crippen LogP contribution is 2.44. The molecule has 25 heavy (non-hydrogen) atoms. The molecule has 4 heteroatoms. The van der Waals surface area contributed by atoms with Crippen LogP contribution in [0.3, 0.4) is 0 Å². The van der Waals surface area contributed by atoms with E-state index < -0.39 is 0 Å². The zero-order valence-corrected chi connectivity index (χ0v) is 14.8. The molecule has 1 aromatic carbocycles. The molecule has 0 radical (unpaired) electrons. The Morgan fingerprint density at radius 3 is 2.76 bits per heavy atom. The van der Waals surface area contributed by atoms with Gasteiger partial charge in [0.2, 0.25) is 5.91 Å². The summed E-state index contributed by atoms with van der Waals surface area (Å²) in [5.41, 5.74) is 1.41. The number of aliphatic hydroxyl groups excluding tert-OH is 1. The van der Waals surface area contributed by atoms with Gasteiger partial charge >= 0.3 is 0 Å². The van der Waals surface area contributed by atoms with Crippen molar-refractivity contribution in [2.75, 3.05) is 19.8 Å². The van der Waals surface area contributed by atoms with Crippen LogP contribution in [0, 0.1) is 11.8 Å². The predicted octanol–water partition coefficient (Wildman–Crippen LogP) is 2.96. The summed E-state index contributed by atoms with van der Waals surface area (Å²) in [6.07, 6.45) is 5.37. The molecule has 1 aromatic rings. The van der Waals surface area contributed by atoms with Crippen LogP contribution < -0.4 is 0 Å². The fourth-order valence-corrected chi connectivity index (χ4v) is 4.93. The summed E-state index contributed by atoms with van der Waals surface area (Å²) in [6.45, 7) is 2.08. The summed E-state index contributed by atoms with van der Waals surface area (Å²) in [7, 11) is 0. The largest absolute Gasteiger partial charge is 0.393 e. The third-order valence-corrected chi connectivity index (χ3v) is 6.45. The van der Waals surface area contributed by atoms with Crippen LogP contribution in [0.15, 0.2) is 30.3 Å². The number of hydrogen-bond donors (Lipinski definition) is 1. The molecule has 2 aliphatic heterocycles. The summed E-state index contributed by atoms with van der Waals surface area (Å²) >= 11 is 0. The van der Waals surface area contributed by atoms with Gasteiger partial charge in [-0.15, -0.1) is 0 Å². The maximum atomic E-state index is 12.9. The highest BCUT2D eigenvalue weighted by molar-refractivity contribution is 5.77. The number of nitrogens with zero attached hydrogens (tertiary/aromatic N) is 1. The Balaban J connectivity index is 1.31. The molecule has 2 saturated heterocycles. The standard InChI is InChI=1S/C21H29NO3/c23-20-8-10-25-14-18(20)19-7-4-9-22(19)21(24)13-15-11-17(12-15)16-5-2-1-3-6-16/h1-3,5-6,15,17-20,23H,4,7-14H2/t15?,17?,18-,19-,20+/m1/s1. The topological polar surface area (TPSA) is 49.8 Å². The van der Waals surface area contributed by atoms with Gasteiger partial charge in [-0.25, -0.2) is 0 Å². The summed E-state index contributed by atoms with van der Waals surface area (Å²) in [5, 5.41) is 10.3. The predicted molar refractivity (Wildman–Crippen MR) is 96.2 cm³/mol. The smallest absolute Gasteiger partial charge is 0.223 e. The van der Waals surface area contributed by atoms with Crippen LogP contribution in [0.1, 0.15) is 50.0 Å². The number of carbonyl (C=O) groups excluding carboxylic acids is 1. The van der Waals surface area contributed by atoms with Crippen molar-refractivity contribution in [3.05, 3.63) is 35.9 Å². The summed E-state index contributed by atoms with van der Waals surface area (Å²) in [4.78, 5) is 14.9. The maximum Gasteiger partial charge on any atom is 0.223 e. The molecule has 0 unspecified atom stereocenters. The average Bonchev–Trinajstić information content (AvgIpc) is 3.08. The second-order valence-corrected chi connectivity index (χ2v) is 8.04. The van der Waals surface area contributed by atoms with Crippen LogP contribution in [-0.2, 0) is 9.53 Å². The third-order valence-electron chi connectivity index (χ3n) is 6.45. The van der Waals surface area contributed by atoms with Gasteiger partial charge in [-0.3, -0.25) is 4.79 Å². The van der Waals surface area contributed by atoms with E-state index in [9.17, 15) is 9.90 Å². The van der Waals surface area contributed by atoms with Crippen molar-refractivity contribution >= 4 is 5.91 Å². The molecule has 136 valence electrons. The van der Waals surface area contributed by atoms with Gasteiger partial charge < -0.3 is 14.7 Å². The lowest BCUT2D eigenvalue weighted by atomic mass is 9.70. The monoisotopic (exact) mass is 343 g/mol. The van der Waals surface area contributed by atoms with E-state index in [0.717, 1.165) is 32.2 Å². The van der Waals surface area contributed by atoms with Crippen molar-refractivity contribution in [3.8, 4) is 0 Å². The first-order chi connectivity index (χ1) is 12.2. The Morgan fingerprint density at radius 1 is 1.20 bits per heavy atom. The van der Waals surface area contributed by atoms with Crippen molar-refractivity contribution in [3.63, 3.8) is 0 Å². The number of aliphatic hydroxyl groups is 1. The lowest BCUT2D eigenvalue weighted by Gasteiger charge is -2.39. The number of amides is 1. The molecule has 2 heterocycles. The Hall–Kier alpha value is -1.39. The van der Waals surface area contributed by atoms with Crippen molar-refractivity contribution in [2.45, 2.75) is 56.6 Å². The van der Waals surface area contributed by atoms with E-state index in [0.29, 0.717) is 37.9 Å². The van der Waals surface area contributed by atoms with Crippen LogP contribution in [-0.4, -0.2) is 47.8 Å². The fourth-order valence-electron chi connectivity index (χ4n) is 4.93. The van der Waals surface area contributed by atoms with Crippen LogP contribution in [0.25, 0.3) is 0 Å². The zero-order chi connectivity index (χ0) is 17.2. The normalized spacial score (nSPS) is 35.4. The van der Waals surface area contributed by atoms with E-state index >= 15 is 0 Å². The summed E-state index contributed by atoms with van der Waals surface area (Å²) in [5.74, 6) is 1.53. The molecule has 1 N–H and O–H groups in total. The van der Waals surface area contributed by atoms with Gasteiger partial charge in [0, 0.05) is 31.5 Å². The number of benzene rings is 1. The fraction of sp³-hybridized carbons (Fsp3) is 0.667. The molecule has 0 bridgehead atoms. The molecule has 3 fully saturated rings. The van der Waals surface area contributed by atoms with Crippen molar-refractivity contribution < 1.29 is 14.6 Å². The lowest BCUT2D eigenvalue weighted by Crippen LogP contribution is -2.48. The van der Waals surface area contributed by atoms with Crippen molar-refractivity contribution in [2.24, 2.45) is 11.8 Å². The number of likely N-dealkylation sites (tertiary alicyclic amines) is 1. The Bertz CT molecular complexity index is 584. The Morgan fingerprint density at radius 2 is 2.00 bits per heavy atom. The minimum absolute atomic E-state index is 0.0960. The van der Waals surface area contributed by atoms with E-state index in [1.54, 1.807) is 0 Å². The second kappa shape index (κ2) is 7.46. The molecule has 4 rings (SSSR count). The van der Waals surface area contributed by atoms with Gasteiger partial charge in [-0.05, 0) is 49.5 Å². The molecule has 4 nitrogen and oxygen atoms in total. The molecule has 0 spiro atoms. The van der Waals surface area contributed by atoms with Gasteiger partial charge in [0.15, 0.2) is 0 Å². The molecule has 0 aromatic heterocycles. The highest BCUT2D eigenvalue weighted by Gasteiger charge is 2.41. The Kier molecular flexibility index (Phi) is 5.09. The lowest BCUT2D eigenvalue weighted by molar-refractivity contribution is -0.138. The first-order valence-corrected chi connectivity index (χ1v) is 9.82. The molecule has 1 aliphatic carbocycles. The van der Waals surface area contributed by atoms with E-state index in [2.05, 4.69) is 35.2 Å². The maximum absolute atomic E-state index is 12.9. The van der Waals surface area contributed by atoms with Gasteiger partial charge in [-0.1, -0.05) is 30.3 Å². The molecule has 3 atom stereocenters. The quantitative estimate of drug-likeness (QED) is 0.914. The SMILES string of the molecule is O=C(CC1CC(c2ccccc2)C1)N1CCC[C@@H]1[C@H]1COCC[C@@H]1O. The van der Waals surface area contributed by atoms with E-state index in [-0.39, 0.29) is 24.0 Å². The van der Waals surface area contributed by atoms with Gasteiger partial charge in [-0.2, -0.15) is 0 Å². The van der Waals surface area contributed by atoms with E-state index in [4.69, 9.17) is 4.74 Å². The van der Waals surface area contributed by atoms with Crippen LogP contribution in [0.5, 0.6) is 0 Å².